The van der Waals surface area contributed by atoms with E-state index in [1.807, 2.05) is 44.2 Å². The highest BCUT2D eigenvalue weighted by molar-refractivity contribution is 6.31. The van der Waals surface area contributed by atoms with Gasteiger partial charge < -0.3 is 30.3 Å². The molecule has 2 unspecified atom stereocenters. The topological polar surface area (TPSA) is 134 Å². The monoisotopic (exact) mass is 610 g/mol. The van der Waals surface area contributed by atoms with E-state index < -0.39 is 36.7 Å². The van der Waals surface area contributed by atoms with Crippen molar-refractivity contribution in [1.29, 1.82) is 0 Å². The number of benzene rings is 2. The van der Waals surface area contributed by atoms with Gasteiger partial charge in [-0.2, -0.15) is 0 Å². The second-order valence-electron chi connectivity index (χ2n) is 9.89. The lowest BCUT2D eigenvalue weighted by Crippen LogP contribution is -2.49. The summed E-state index contributed by atoms with van der Waals surface area (Å²) in [6.07, 6.45) is 2.42. The van der Waals surface area contributed by atoms with E-state index >= 15 is 0 Å². The molecule has 2 rings (SSSR count). The molecule has 4 N–H and O–H groups in total. The number of anilines is 1. The first-order chi connectivity index (χ1) is 19.6. The average molecular weight is 612 g/mol. The van der Waals surface area contributed by atoms with Gasteiger partial charge in [0.2, 0.25) is 0 Å². The van der Waals surface area contributed by atoms with Gasteiger partial charge in [-0.25, -0.2) is 9.59 Å². The molecule has 0 saturated heterocycles. The number of unbranched alkanes of at least 4 members (excludes halogenated alkanes) is 4. The first kappa shape index (κ1) is 34.4. The van der Waals surface area contributed by atoms with E-state index in [1.165, 1.54) is 5.56 Å². The fourth-order valence-electron chi connectivity index (χ4n) is 4.03. The number of amides is 1. The number of nitrogens with one attached hydrogen (secondary N) is 2. The number of hydrogen-bond acceptors (Lipinski definition) is 6. The maximum Gasteiger partial charge on any atom is 0.336 e. The van der Waals surface area contributed by atoms with Crippen LogP contribution in [-0.4, -0.2) is 66.6 Å². The number of carboxylic acids is 2. The van der Waals surface area contributed by atoms with Crippen LogP contribution < -0.4 is 10.6 Å². The van der Waals surface area contributed by atoms with Crippen LogP contribution in [0.3, 0.4) is 0 Å². The molecule has 0 bridgehead atoms. The second kappa shape index (κ2) is 18.6. The van der Waals surface area contributed by atoms with E-state index in [9.17, 15) is 19.5 Å². The van der Waals surface area contributed by atoms with E-state index in [2.05, 4.69) is 16.7 Å². The van der Waals surface area contributed by atoms with Crippen LogP contribution in [0.1, 0.15) is 55.2 Å². The number of aryl methyl sites for hydroxylation is 3. The molecule has 1 amide bonds. The summed E-state index contributed by atoms with van der Waals surface area (Å²) in [6, 6.07) is 11.7. The molecule has 2 aromatic rings. The molecule has 9 nitrogen and oxygen atoms in total. The minimum atomic E-state index is -1.75. The zero-order chi connectivity index (χ0) is 30.2. The van der Waals surface area contributed by atoms with Gasteiger partial charge >= 0.3 is 11.9 Å². The average Bonchev–Trinajstić information content (AvgIpc) is 2.92. The van der Waals surface area contributed by atoms with Crippen molar-refractivity contribution in [3.63, 3.8) is 0 Å². The Hall–Kier alpha value is -2.85. The number of hydrogen-bond donors (Lipinski definition) is 4. The normalized spacial score (nSPS) is 12.5. The SMILES string of the molecule is Cc1ccc(CCCCCCNC(=O)C(OCCCCNc2ccc(C)c(Cl)c2)C(OCC(=O)O)C(=O)O)cc1Cl. The lowest BCUT2D eigenvalue weighted by Gasteiger charge is -2.23. The molecule has 0 aliphatic rings. The molecule has 0 saturated carbocycles. The summed E-state index contributed by atoms with van der Waals surface area (Å²) in [5.74, 6) is -3.46. The molecule has 0 aliphatic carbocycles. The summed E-state index contributed by atoms with van der Waals surface area (Å²) >= 11 is 12.3. The lowest BCUT2D eigenvalue weighted by atomic mass is 10.0. The molecule has 0 radical (unpaired) electrons. The third-order valence-electron chi connectivity index (χ3n) is 6.46. The number of carbonyl (C=O) groups excluding carboxylic acids is 1. The van der Waals surface area contributed by atoms with Crippen molar-refractivity contribution < 1.29 is 34.1 Å². The summed E-state index contributed by atoms with van der Waals surface area (Å²) < 4.78 is 10.6. The highest BCUT2D eigenvalue weighted by Crippen LogP contribution is 2.20. The maximum atomic E-state index is 12.9. The molecule has 226 valence electrons. The van der Waals surface area contributed by atoms with Gasteiger partial charge in [0.25, 0.3) is 5.91 Å². The molecule has 11 heteroatoms. The van der Waals surface area contributed by atoms with Gasteiger partial charge in [-0.1, -0.05) is 54.2 Å². The Morgan fingerprint density at radius 2 is 1.46 bits per heavy atom. The summed E-state index contributed by atoms with van der Waals surface area (Å²) in [7, 11) is 0. The largest absolute Gasteiger partial charge is 0.480 e. The van der Waals surface area contributed by atoms with E-state index in [-0.39, 0.29) is 6.61 Å². The molecule has 2 aromatic carbocycles. The van der Waals surface area contributed by atoms with Gasteiger partial charge in [-0.3, -0.25) is 4.79 Å². The summed E-state index contributed by atoms with van der Waals surface area (Å²) in [5, 5.41) is 25.9. The molecule has 0 spiro atoms. The quantitative estimate of drug-likeness (QED) is 0.141. The third-order valence-corrected chi connectivity index (χ3v) is 7.27. The number of ether oxygens (including phenoxy) is 2. The van der Waals surface area contributed by atoms with Crippen LogP contribution in [0.25, 0.3) is 0 Å². The highest BCUT2D eigenvalue weighted by atomic mass is 35.5. The van der Waals surface area contributed by atoms with Crippen molar-refractivity contribution in [1.82, 2.24) is 5.32 Å². The lowest BCUT2D eigenvalue weighted by molar-refractivity contribution is -0.172. The molecule has 0 fully saturated rings. The summed E-state index contributed by atoms with van der Waals surface area (Å²) in [5.41, 5.74) is 4.10. The predicted octanol–water partition coefficient (Wildman–Crippen LogP) is 5.66. The third kappa shape index (κ3) is 13.1. The van der Waals surface area contributed by atoms with Crippen LogP contribution in [0.4, 0.5) is 5.69 Å². The number of rotatable bonds is 20. The van der Waals surface area contributed by atoms with Crippen LogP contribution in [0, 0.1) is 13.8 Å². The van der Waals surface area contributed by atoms with Gasteiger partial charge in [-0.15, -0.1) is 0 Å². The highest BCUT2D eigenvalue weighted by Gasteiger charge is 2.36. The van der Waals surface area contributed by atoms with Gasteiger partial charge in [-0.05, 0) is 80.8 Å². The first-order valence-electron chi connectivity index (χ1n) is 13.8. The Morgan fingerprint density at radius 3 is 2.12 bits per heavy atom. The molecule has 0 heterocycles. The number of carbonyl (C=O) groups is 3. The minimum Gasteiger partial charge on any atom is -0.480 e. The van der Waals surface area contributed by atoms with Gasteiger partial charge in [0.15, 0.2) is 12.2 Å². The Balaban J connectivity index is 1.77. The fraction of sp³-hybridized carbons (Fsp3) is 0.500. The van der Waals surface area contributed by atoms with E-state index in [4.69, 9.17) is 37.8 Å². The van der Waals surface area contributed by atoms with Crippen molar-refractivity contribution in [2.24, 2.45) is 0 Å². The summed E-state index contributed by atoms with van der Waals surface area (Å²) in [4.78, 5) is 35.6. The van der Waals surface area contributed by atoms with E-state index in [0.717, 1.165) is 47.5 Å². The Kier molecular flexibility index (Phi) is 15.5. The minimum absolute atomic E-state index is 0.0949. The molecule has 0 aromatic heterocycles. The number of aliphatic carboxylic acids is 2. The zero-order valence-electron chi connectivity index (χ0n) is 23.6. The van der Waals surface area contributed by atoms with Crippen LogP contribution in [-0.2, 0) is 30.3 Å². The smallest absolute Gasteiger partial charge is 0.336 e. The summed E-state index contributed by atoms with van der Waals surface area (Å²) in [6.45, 7) is 4.08. The Morgan fingerprint density at radius 1 is 0.805 bits per heavy atom. The maximum absolute atomic E-state index is 12.9. The fourth-order valence-corrected chi connectivity index (χ4v) is 4.42. The molecular weight excluding hydrogens is 571 g/mol. The van der Waals surface area contributed by atoms with Crippen molar-refractivity contribution in [2.75, 3.05) is 31.6 Å². The van der Waals surface area contributed by atoms with Crippen molar-refractivity contribution in [3.05, 3.63) is 63.1 Å². The Bertz CT molecular complexity index is 1150. The molecule has 41 heavy (non-hydrogen) atoms. The van der Waals surface area contributed by atoms with Gasteiger partial charge in [0, 0.05) is 35.4 Å². The second-order valence-corrected chi connectivity index (χ2v) is 10.7. The first-order valence-corrected chi connectivity index (χ1v) is 14.5. The Labute approximate surface area is 251 Å². The standard InChI is InChI=1S/C30H40Cl2N2O7/c1-20-10-12-22(17-24(20)31)9-5-3-4-6-15-34-29(37)27(28(30(38)39)41-19-26(35)36)40-16-8-7-14-33-23-13-11-21(2)25(32)18-23/h10-13,17-18,27-28,33H,3-9,14-16,19H2,1-2H3,(H,34,37)(H,35,36)(H,38,39). The van der Waals surface area contributed by atoms with Crippen molar-refractivity contribution >= 4 is 46.7 Å². The number of halogens is 2. The van der Waals surface area contributed by atoms with Crippen LogP contribution in [0.15, 0.2) is 36.4 Å². The van der Waals surface area contributed by atoms with Crippen LogP contribution in [0.2, 0.25) is 10.0 Å². The molecular formula is C30H40Cl2N2O7. The van der Waals surface area contributed by atoms with Crippen molar-refractivity contribution in [2.45, 2.75) is 71.0 Å². The van der Waals surface area contributed by atoms with Crippen LogP contribution >= 0.6 is 23.2 Å². The zero-order valence-corrected chi connectivity index (χ0v) is 25.1. The van der Waals surface area contributed by atoms with E-state index in [0.29, 0.717) is 37.4 Å². The van der Waals surface area contributed by atoms with Gasteiger partial charge in [0.1, 0.15) is 6.61 Å². The van der Waals surface area contributed by atoms with E-state index in [1.54, 1.807) is 0 Å². The van der Waals surface area contributed by atoms with Crippen molar-refractivity contribution in [3.8, 4) is 0 Å². The van der Waals surface area contributed by atoms with Crippen LogP contribution in [0.5, 0.6) is 0 Å². The predicted molar refractivity (Wildman–Crippen MR) is 160 cm³/mol. The molecule has 0 aliphatic heterocycles. The molecule has 2 atom stereocenters. The van der Waals surface area contributed by atoms with Gasteiger partial charge in [0.05, 0.1) is 0 Å². The number of carboxylic acid groups (broad SMARTS) is 2.